The molecule has 0 radical (unpaired) electrons. The van der Waals surface area contributed by atoms with Gasteiger partial charge in [0, 0.05) is 19.6 Å². The van der Waals surface area contributed by atoms with E-state index in [0.717, 1.165) is 19.6 Å². The van der Waals surface area contributed by atoms with Crippen LogP contribution in [-0.4, -0.2) is 29.6 Å². The van der Waals surface area contributed by atoms with Crippen molar-refractivity contribution >= 4 is 0 Å². The van der Waals surface area contributed by atoms with Crippen LogP contribution < -0.4 is 5.73 Å². The highest BCUT2D eigenvalue weighted by atomic mass is 16.3. The molecule has 90 valence electrons. The smallest absolute Gasteiger partial charge is 0.115 e. The highest BCUT2D eigenvalue weighted by molar-refractivity contribution is 5.25. The Balaban J connectivity index is 2.49. The van der Waals surface area contributed by atoms with Gasteiger partial charge in [-0.15, -0.1) is 0 Å². The second kappa shape index (κ2) is 7.25. The summed E-state index contributed by atoms with van der Waals surface area (Å²) in [5.41, 5.74) is 6.82. The monoisotopic (exact) mass is 222 g/mol. The van der Waals surface area contributed by atoms with Crippen LogP contribution in [-0.2, 0) is 6.54 Å². The summed E-state index contributed by atoms with van der Waals surface area (Å²) >= 11 is 0. The summed E-state index contributed by atoms with van der Waals surface area (Å²) in [4.78, 5) is 2.36. The van der Waals surface area contributed by atoms with Gasteiger partial charge in [0.25, 0.3) is 0 Å². The predicted molar refractivity (Wildman–Crippen MR) is 67.3 cm³/mol. The van der Waals surface area contributed by atoms with Crippen molar-refractivity contribution in [2.24, 2.45) is 5.73 Å². The molecule has 0 aliphatic carbocycles. The molecular formula is C13H22N2O. The normalized spacial score (nSPS) is 10.9. The van der Waals surface area contributed by atoms with Crippen molar-refractivity contribution < 1.29 is 5.11 Å². The topological polar surface area (TPSA) is 49.5 Å². The van der Waals surface area contributed by atoms with E-state index in [2.05, 4.69) is 11.8 Å². The van der Waals surface area contributed by atoms with Crippen molar-refractivity contribution in [1.82, 2.24) is 4.90 Å². The van der Waals surface area contributed by atoms with Crippen LogP contribution >= 0.6 is 0 Å². The van der Waals surface area contributed by atoms with Crippen LogP contribution in [0.1, 0.15) is 25.3 Å². The van der Waals surface area contributed by atoms with Crippen molar-refractivity contribution in [3.8, 4) is 5.75 Å². The molecule has 0 saturated carbocycles. The summed E-state index contributed by atoms with van der Waals surface area (Å²) in [5.74, 6) is 0.322. The van der Waals surface area contributed by atoms with E-state index in [9.17, 15) is 5.11 Å². The molecule has 0 fully saturated rings. The predicted octanol–water partition coefficient (Wildman–Crippen LogP) is 1.95. The molecule has 0 atom stereocenters. The lowest BCUT2D eigenvalue weighted by molar-refractivity contribution is 0.268. The lowest BCUT2D eigenvalue weighted by atomic mass is 10.2. The molecule has 0 aliphatic heterocycles. The van der Waals surface area contributed by atoms with E-state index in [1.165, 1.54) is 18.4 Å². The zero-order chi connectivity index (χ0) is 11.8. The van der Waals surface area contributed by atoms with Gasteiger partial charge in [0.2, 0.25) is 0 Å². The van der Waals surface area contributed by atoms with E-state index in [4.69, 9.17) is 5.73 Å². The molecule has 0 amide bonds. The summed E-state index contributed by atoms with van der Waals surface area (Å²) in [6.07, 6.45) is 2.41. The van der Waals surface area contributed by atoms with Crippen LogP contribution in [0.15, 0.2) is 24.3 Å². The van der Waals surface area contributed by atoms with Gasteiger partial charge in [-0.3, -0.25) is 4.90 Å². The molecule has 3 nitrogen and oxygen atoms in total. The van der Waals surface area contributed by atoms with Crippen LogP contribution in [0.5, 0.6) is 5.75 Å². The number of aromatic hydroxyl groups is 1. The number of hydrogen-bond donors (Lipinski definition) is 2. The summed E-state index contributed by atoms with van der Waals surface area (Å²) in [5, 5.41) is 9.20. The zero-order valence-corrected chi connectivity index (χ0v) is 10.0. The van der Waals surface area contributed by atoms with Gasteiger partial charge >= 0.3 is 0 Å². The Bertz CT molecular complexity index is 284. The van der Waals surface area contributed by atoms with Gasteiger partial charge in [-0.2, -0.15) is 0 Å². The molecule has 0 spiro atoms. The van der Waals surface area contributed by atoms with Crippen molar-refractivity contribution in [1.29, 1.82) is 0 Å². The maximum Gasteiger partial charge on any atom is 0.115 e. The van der Waals surface area contributed by atoms with Crippen LogP contribution in [0.25, 0.3) is 0 Å². The Kier molecular flexibility index (Phi) is 5.90. The molecule has 0 saturated heterocycles. The molecule has 16 heavy (non-hydrogen) atoms. The summed E-state index contributed by atoms with van der Waals surface area (Å²) in [6, 6.07) is 7.39. The molecule has 1 rings (SSSR count). The van der Waals surface area contributed by atoms with Crippen LogP contribution in [0.3, 0.4) is 0 Å². The second-order valence-electron chi connectivity index (χ2n) is 4.08. The summed E-state index contributed by atoms with van der Waals surface area (Å²) < 4.78 is 0. The van der Waals surface area contributed by atoms with Crippen molar-refractivity contribution in [3.63, 3.8) is 0 Å². The number of phenolic OH excluding ortho intramolecular Hbond substituents is 1. The first-order valence-electron chi connectivity index (χ1n) is 5.96. The maximum absolute atomic E-state index is 9.20. The quantitative estimate of drug-likeness (QED) is 0.741. The standard InChI is InChI=1S/C13H22N2O/c1-2-3-9-15(10-8-14)11-12-4-6-13(16)7-5-12/h4-7,16H,2-3,8-11,14H2,1H3. The highest BCUT2D eigenvalue weighted by Crippen LogP contribution is 2.11. The number of unbranched alkanes of at least 4 members (excludes halogenated alkanes) is 1. The first kappa shape index (κ1) is 13.0. The van der Waals surface area contributed by atoms with E-state index in [1.54, 1.807) is 12.1 Å². The van der Waals surface area contributed by atoms with E-state index >= 15 is 0 Å². The fraction of sp³-hybridized carbons (Fsp3) is 0.538. The third-order valence-electron chi connectivity index (χ3n) is 2.62. The van der Waals surface area contributed by atoms with Gasteiger partial charge in [-0.1, -0.05) is 25.5 Å². The number of hydrogen-bond acceptors (Lipinski definition) is 3. The third kappa shape index (κ3) is 4.64. The van der Waals surface area contributed by atoms with E-state index in [-0.39, 0.29) is 0 Å². The van der Waals surface area contributed by atoms with E-state index < -0.39 is 0 Å². The van der Waals surface area contributed by atoms with Crippen LogP contribution in [0.2, 0.25) is 0 Å². The Morgan fingerprint density at radius 3 is 2.44 bits per heavy atom. The lowest BCUT2D eigenvalue weighted by Crippen LogP contribution is -2.30. The van der Waals surface area contributed by atoms with Gasteiger partial charge < -0.3 is 10.8 Å². The minimum Gasteiger partial charge on any atom is -0.508 e. The lowest BCUT2D eigenvalue weighted by Gasteiger charge is -2.21. The first-order chi connectivity index (χ1) is 7.76. The van der Waals surface area contributed by atoms with Gasteiger partial charge in [-0.05, 0) is 30.7 Å². The van der Waals surface area contributed by atoms with Crippen LogP contribution in [0.4, 0.5) is 0 Å². The molecule has 0 aliphatic rings. The largest absolute Gasteiger partial charge is 0.508 e. The summed E-state index contributed by atoms with van der Waals surface area (Å²) in [7, 11) is 0. The van der Waals surface area contributed by atoms with E-state index in [0.29, 0.717) is 12.3 Å². The Labute approximate surface area is 97.9 Å². The molecule has 3 heteroatoms. The van der Waals surface area contributed by atoms with E-state index in [1.807, 2.05) is 12.1 Å². The molecular weight excluding hydrogens is 200 g/mol. The number of rotatable bonds is 7. The van der Waals surface area contributed by atoms with Crippen LogP contribution in [0, 0.1) is 0 Å². The highest BCUT2D eigenvalue weighted by Gasteiger charge is 2.04. The fourth-order valence-corrected chi connectivity index (χ4v) is 1.69. The Hall–Kier alpha value is -1.06. The molecule has 0 aromatic heterocycles. The average Bonchev–Trinajstić information content (AvgIpc) is 2.29. The number of phenols is 1. The molecule has 0 bridgehead atoms. The number of nitrogens with two attached hydrogens (primary N) is 1. The Morgan fingerprint density at radius 1 is 1.19 bits per heavy atom. The second-order valence-corrected chi connectivity index (χ2v) is 4.08. The maximum atomic E-state index is 9.20. The molecule has 1 aromatic carbocycles. The van der Waals surface area contributed by atoms with Gasteiger partial charge in [-0.25, -0.2) is 0 Å². The van der Waals surface area contributed by atoms with Crippen molar-refractivity contribution in [2.45, 2.75) is 26.3 Å². The molecule has 0 heterocycles. The zero-order valence-electron chi connectivity index (χ0n) is 10.0. The Morgan fingerprint density at radius 2 is 1.88 bits per heavy atom. The van der Waals surface area contributed by atoms with Gasteiger partial charge in [0.1, 0.15) is 5.75 Å². The number of nitrogens with zero attached hydrogens (tertiary/aromatic N) is 1. The average molecular weight is 222 g/mol. The fourth-order valence-electron chi connectivity index (χ4n) is 1.69. The first-order valence-corrected chi connectivity index (χ1v) is 5.96. The molecule has 0 unspecified atom stereocenters. The van der Waals surface area contributed by atoms with Gasteiger partial charge in [0.05, 0.1) is 0 Å². The molecule has 3 N–H and O–H groups in total. The van der Waals surface area contributed by atoms with Gasteiger partial charge in [0.15, 0.2) is 0 Å². The minimum absolute atomic E-state index is 0.322. The molecule has 1 aromatic rings. The third-order valence-corrected chi connectivity index (χ3v) is 2.62. The summed E-state index contributed by atoms with van der Waals surface area (Å²) in [6.45, 7) is 5.83. The van der Waals surface area contributed by atoms with Crippen molar-refractivity contribution in [2.75, 3.05) is 19.6 Å². The SMILES string of the molecule is CCCCN(CCN)Cc1ccc(O)cc1. The minimum atomic E-state index is 0.322. The number of benzene rings is 1. The van der Waals surface area contributed by atoms with Crippen molar-refractivity contribution in [3.05, 3.63) is 29.8 Å².